The fourth-order valence-corrected chi connectivity index (χ4v) is 3.29. The molecule has 26 heavy (non-hydrogen) atoms. The number of likely N-dealkylation sites (N-methyl/N-ethyl adjacent to an activating group) is 1. The highest BCUT2D eigenvalue weighted by Crippen LogP contribution is 2.23. The van der Waals surface area contributed by atoms with Crippen LogP contribution in [0.25, 0.3) is 0 Å². The second-order valence-corrected chi connectivity index (χ2v) is 7.14. The second-order valence-electron chi connectivity index (χ2n) is 7.14. The molecule has 0 radical (unpaired) electrons. The highest BCUT2D eigenvalue weighted by Gasteiger charge is 2.26. The standard InChI is InChI=1S/C21H27N3O2/c1-16-11-18(12-17-7-5-4-6-8-17)13-19(22-16)20-14-24(9-10-26-20)21(25)15-23(2)3/h4-8,11,13,20H,9-10,12,14-15H2,1-3H3/t20-/m1/s1. The van der Waals surface area contributed by atoms with Crippen LogP contribution in [0, 0.1) is 6.92 Å². The Morgan fingerprint density at radius 2 is 2.00 bits per heavy atom. The van der Waals surface area contributed by atoms with E-state index < -0.39 is 0 Å². The Hall–Kier alpha value is -2.24. The number of ether oxygens (including phenoxy) is 1. The maximum absolute atomic E-state index is 12.4. The lowest BCUT2D eigenvalue weighted by Crippen LogP contribution is -2.45. The maximum atomic E-state index is 12.4. The normalized spacial score (nSPS) is 17.5. The van der Waals surface area contributed by atoms with Crippen LogP contribution in [0.15, 0.2) is 42.5 Å². The number of rotatable bonds is 5. The van der Waals surface area contributed by atoms with Crippen LogP contribution in [0.4, 0.5) is 0 Å². The Morgan fingerprint density at radius 1 is 1.23 bits per heavy atom. The van der Waals surface area contributed by atoms with Crippen molar-refractivity contribution in [3.63, 3.8) is 0 Å². The van der Waals surface area contributed by atoms with Gasteiger partial charge in [0.1, 0.15) is 6.10 Å². The van der Waals surface area contributed by atoms with Gasteiger partial charge in [-0.05, 0) is 50.7 Å². The lowest BCUT2D eigenvalue weighted by atomic mass is 10.0. The second kappa shape index (κ2) is 8.43. The van der Waals surface area contributed by atoms with E-state index in [0.717, 1.165) is 17.8 Å². The summed E-state index contributed by atoms with van der Waals surface area (Å²) in [6.07, 6.45) is 0.706. The van der Waals surface area contributed by atoms with Crippen molar-refractivity contribution in [1.82, 2.24) is 14.8 Å². The van der Waals surface area contributed by atoms with E-state index in [2.05, 4.69) is 41.4 Å². The van der Waals surface area contributed by atoms with Crippen LogP contribution in [-0.2, 0) is 16.0 Å². The SMILES string of the molecule is Cc1cc(Cc2ccccc2)cc([C@H]2CN(C(=O)CN(C)C)CCO2)n1. The van der Waals surface area contributed by atoms with Crippen molar-refractivity contribution in [2.75, 3.05) is 40.3 Å². The van der Waals surface area contributed by atoms with Gasteiger partial charge in [0.2, 0.25) is 5.91 Å². The van der Waals surface area contributed by atoms with Crippen molar-refractivity contribution in [3.05, 3.63) is 65.0 Å². The molecule has 5 heteroatoms. The van der Waals surface area contributed by atoms with E-state index in [1.807, 2.05) is 36.9 Å². The fourth-order valence-electron chi connectivity index (χ4n) is 3.29. The minimum absolute atomic E-state index is 0.139. The van der Waals surface area contributed by atoms with Gasteiger partial charge in [-0.1, -0.05) is 30.3 Å². The summed E-state index contributed by atoms with van der Waals surface area (Å²) >= 11 is 0. The van der Waals surface area contributed by atoms with Gasteiger partial charge in [-0.25, -0.2) is 0 Å². The van der Waals surface area contributed by atoms with E-state index in [4.69, 9.17) is 4.74 Å². The van der Waals surface area contributed by atoms with Gasteiger partial charge in [0.05, 0.1) is 25.4 Å². The molecule has 0 N–H and O–H groups in total. The minimum Gasteiger partial charge on any atom is -0.368 e. The third-order valence-corrected chi connectivity index (χ3v) is 4.48. The molecule has 1 amide bonds. The maximum Gasteiger partial charge on any atom is 0.236 e. The number of aromatic nitrogens is 1. The molecule has 5 nitrogen and oxygen atoms in total. The molecule has 0 unspecified atom stereocenters. The summed E-state index contributed by atoms with van der Waals surface area (Å²) < 4.78 is 5.94. The number of amides is 1. The van der Waals surface area contributed by atoms with E-state index in [1.165, 1.54) is 11.1 Å². The molecule has 0 aliphatic carbocycles. The Kier molecular flexibility index (Phi) is 6.01. The van der Waals surface area contributed by atoms with E-state index in [0.29, 0.717) is 26.2 Å². The van der Waals surface area contributed by atoms with E-state index in [-0.39, 0.29) is 12.0 Å². The van der Waals surface area contributed by atoms with Crippen LogP contribution in [-0.4, -0.2) is 61.0 Å². The zero-order valence-electron chi connectivity index (χ0n) is 15.8. The van der Waals surface area contributed by atoms with Gasteiger partial charge in [0.25, 0.3) is 0 Å². The summed E-state index contributed by atoms with van der Waals surface area (Å²) in [5, 5.41) is 0. The van der Waals surface area contributed by atoms with Crippen molar-refractivity contribution < 1.29 is 9.53 Å². The molecule has 1 saturated heterocycles. The molecule has 2 heterocycles. The molecule has 1 aliphatic rings. The molecular weight excluding hydrogens is 326 g/mol. The van der Waals surface area contributed by atoms with Crippen molar-refractivity contribution >= 4 is 5.91 Å². The number of pyridine rings is 1. The van der Waals surface area contributed by atoms with Gasteiger partial charge in [-0.15, -0.1) is 0 Å². The molecule has 3 rings (SSSR count). The molecule has 1 aromatic carbocycles. The summed E-state index contributed by atoms with van der Waals surface area (Å²) in [7, 11) is 3.82. The van der Waals surface area contributed by atoms with Gasteiger partial charge in [0, 0.05) is 12.2 Å². The monoisotopic (exact) mass is 353 g/mol. The number of morpholine rings is 1. The highest BCUT2D eigenvalue weighted by molar-refractivity contribution is 5.78. The Balaban J connectivity index is 1.74. The van der Waals surface area contributed by atoms with E-state index >= 15 is 0 Å². The predicted octanol–water partition coefficient (Wildman–Crippen LogP) is 2.44. The molecule has 1 aliphatic heterocycles. The van der Waals surface area contributed by atoms with Gasteiger partial charge in [-0.3, -0.25) is 9.78 Å². The van der Waals surface area contributed by atoms with Crippen LogP contribution in [0.2, 0.25) is 0 Å². The van der Waals surface area contributed by atoms with Gasteiger partial charge in [-0.2, -0.15) is 0 Å². The Labute approximate surface area is 155 Å². The van der Waals surface area contributed by atoms with Crippen LogP contribution < -0.4 is 0 Å². The number of hydrogen-bond donors (Lipinski definition) is 0. The molecule has 2 aromatic rings. The number of aryl methyl sites for hydroxylation is 1. The third kappa shape index (κ3) is 4.90. The lowest BCUT2D eigenvalue weighted by molar-refractivity contribution is -0.139. The number of benzene rings is 1. The van der Waals surface area contributed by atoms with E-state index in [1.54, 1.807) is 0 Å². The smallest absolute Gasteiger partial charge is 0.236 e. The quantitative estimate of drug-likeness (QED) is 0.828. The molecule has 1 atom stereocenters. The van der Waals surface area contributed by atoms with Crippen LogP contribution in [0.5, 0.6) is 0 Å². The summed E-state index contributed by atoms with van der Waals surface area (Å²) in [5.41, 5.74) is 4.39. The first kappa shape index (κ1) is 18.5. The van der Waals surface area contributed by atoms with Crippen LogP contribution >= 0.6 is 0 Å². The first-order chi connectivity index (χ1) is 12.5. The third-order valence-electron chi connectivity index (χ3n) is 4.48. The number of hydrogen-bond acceptors (Lipinski definition) is 4. The molecule has 138 valence electrons. The Bertz CT molecular complexity index is 746. The summed E-state index contributed by atoms with van der Waals surface area (Å²) in [6.45, 7) is 4.19. The zero-order valence-corrected chi connectivity index (χ0v) is 15.8. The summed E-state index contributed by atoms with van der Waals surface area (Å²) in [6, 6.07) is 14.6. The van der Waals surface area contributed by atoms with Crippen LogP contribution in [0.1, 0.15) is 28.6 Å². The van der Waals surface area contributed by atoms with E-state index in [9.17, 15) is 4.79 Å². The average Bonchev–Trinajstić information content (AvgIpc) is 2.61. The fraction of sp³-hybridized carbons (Fsp3) is 0.429. The zero-order chi connectivity index (χ0) is 18.5. The van der Waals surface area contributed by atoms with Crippen molar-refractivity contribution in [3.8, 4) is 0 Å². The van der Waals surface area contributed by atoms with Crippen molar-refractivity contribution in [2.24, 2.45) is 0 Å². The Morgan fingerprint density at radius 3 is 2.73 bits per heavy atom. The van der Waals surface area contributed by atoms with Gasteiger partial charge < -0.3 is 14.5 Å². The predicted molar refractivity (Wildman–Crippen MR) is 102 cm³/mol. The average molecular weight is 353 g/mol. The molecule has 1 fully saturated rings. The first-order valence-corrected chi connectivity index (χ1v) is 9.07. The van der Waals surface area contributed by atoms with Gasteiger partial charge >= 0.3 is 0 Å². The first-order valence-electron chi connectivity index (χ1n) is 9.07. The largest absolute Gasteiger partial charge is 0.368 e. The van der Waals surface area contributed by atoms with Gasteiger partial charge in [0.15, 0.2) is 0 Å². The molecule has 1 aromatic heterocycles. The van der Waals surface area contributed by atoms with Crippen LogP contribution in [0.3, 0.4) is 0 Å². The number of nitrogens with zero attached hydrogens (tertiary/aromatic N) is 3. The number of carbonyl (C=O) groups is 1. The topological polar surface area (TPSA) is 45.7 Å². The minimum atomic E-state index is -0.163. The summed E-state index contributed by atoms with van der Waals surface area (Å²) in [5.74, 6) is 0.139. The van der Waals surface area contributed by atoms with Crippen molar-refractivity contribution in [2.45, 2.75) is 19.4 Å². The molecular formula is C21H27N3O2. The molecule has 0 spiro atoms. The molecule has 0 bridgehead atoms. The molecule has 0 saturated carbocycles. The lowest BCUT2D eigenvalue weighted by Gasteiger charge is -2.33. The van der Waals surface area contributed by atoms with Crippen molar-refractivity contribution in [1.29, 1.82) is 0 Å². The summed E-state index contributed by atoms with van der Waals surface area (Å²) in [4.78, 5) is 20.8. The number of carbonyl (C=O) groups excluding carboxylic acids is 1. The highest BCUT2D eigenvalue weighted by atomic mass is 16.5.